The second-order valence-electron chi connectivity index (χ2n) is 11.4. The largest absolute Gasteiger partial charge is 0.309 e. The molecular formula is C42H28N2. The van der Waals surface area contributed by atoms with Crippen molar-refractivity contribution in [3.8, 4) is 11.4 Å². The van der Waals surface area contributed by atoms with Crippen molar-refractivity contribution in [3.05, 3.63) is 170 Å². The summed E-state index contributed by atoms with van der Waals surface area (Å²) in [5.41, 5.74) is 7.03. The van der Waals surface area contributed by atoms with Gasteiger partial charge in [0.15, 0.2) is 0 Å². The van der Waals surface area contributed by atoms with E-state index in [1.165, 1.54) is 54.1 Å². The highest BCUT2D eigenvalue weighted by atomic mass is 15.0. The smallest absolute Gasteiger partial charge is 0.0547 e. The molecule has 0 aliphatic rings. The van der Waals surface area contributed by atoms with Gasteiger partial charge >= 0.3 is 0 Å². The molecule has 0 fully saturated rings. The van der Waals surface area contributed by atoms with Gasteiger partial charge in [-0.1, -0.05) is 115 Å². The van der Waals surface area contributed by atoms with Crippen LogP contribution in [0.4, 0.5) is 0 Å². The molecule has 2 nitrogen and oxygen atoms in total. The molecule has 2 heteroatoms. The van der Waals surface area contributed by atoms with Crippen LogP contribution in [-0.4, -0.2) is 9.13 Å². The van der Waals surface area contributed by atoms with Crippen molar-refractivity contribution < 1.29 is 0 Å². The van der Waals surface area contributed by atoms with Gasteiger partial charge in [0.1, 0.15) is 0 Å². The van der Waals surface area contributed by atoms with Gasteiger partial charge in [0.05, 0.1) is 22.1 Å². The maximum Gasteiger partial charge on any atom is 0.0547 e. The summed E-state index contributed by atoms with van der Waals surface area (Å²) in [6, 6.07) is 61.6. The molecule has 0 saturated heterocycles. The van der Waals surface area contributed by atoms with E-state index in [-0.39, 0.29) is 0 Å². The maximum absolute atomic E-state index is 2.43. The van der Waals surface area contributed by atoms with Crippen molar-refractivity contribution >= 4 is 65.2 Å². The van der Waals surface area contributed by atoms with Gasteiger partial charge in [-0.25, -0.2) is 0 Å². The number of rotatable bonds is 2. The van der Waals surface area contributed by atoms with Crippen molar-refractivity contribution in [3.63, 3.8) is 0 Å². The van der Waals surface area contributed by atoms with Gasteiger partial charge in [-0.05, 0) is 76.1 Å². The van der Waals surface area contributed by atoms with E-state index in [0.717, 1.165) is 22.4 Å². The molecule has 0 radical (unpaired) electrons. The Hall–Kier alpha value is -5.86. The average molecular weight is 561 g/mol. The summed E-state index contributed by atoms with van der Waals surface area (Å²) in [6.45, 7) is 0. The molecule has 0 spiro atoms. The molecule has 44 heavy (non-hydrogen) atoms. The Morgan fingerprint density at radius 2 is 0.568 bits per heavy atom. The molecule has 2 aromatic heterocycles. The lowest BCUT2D eigenvalue weighted by molar-refractivity contribution is 1.17. The van der Waals surface area contributed by atoms with E-state index in [1.807, 2.05) is 0 Å². The fourth-order valence-electron chi connectivity index (χ4n) is 7.05. The van der Waals surface area contributed by atoms with E-state index in [9.17, 15) is 0 Å². The first kappa shape index (κ1) is 24.7. The van der Waals surface area contributed by atoms with Crippen LogP contribution in [0.2, 0.25) is 0 Å². The van der Waals surface area contributed by atoms with E-state index in [4.69, 9.17) is 0 Å². The fourth-order valence-corrected chi connectivity index (χ4v) is 7.05. The summed E-state index contributed by atoms with van der Waals surface area (Å²) in [5.74, 6) is 0. The monoisotopic (exact) mass is 560 g/mol. The molecule has 0 saturated carbocycles. The van der Waals surface area contributed by atoms with E-state index >= 15 is 0 Å². The van der Waals surface area contributed by atoms with Gasteiger partial charge in [-0.15, -0.1) is 0 Å². The number of hydrogen-bond acceptors (Lipinski definition) is 0. The number of aromatic nitrogens is 2. The Kier molecular flexibility index (Phi) is 5.54. The molecule has 206 valence electrons. The number of hydrogen-bond donors (Lipinski definition) is 0. The summed E-state index contributed by atoms with van der Waals surface area (Å²) in [5, 5.41) is 9.82. The number of fused-ring (bicyclic) bond motifs is 10. The summed E-state index contributed by atoms with van der Waals surface area (Å²) >= 11 is 0. The molecule has 9 rings (SSSR count). The zero-order chi connectivity index (χ0) is 29.0. The van der Waals surface area contributed by atoms with Crippen LogP contribution >= 0.6 is 0 Å². The molecule has 0 atom stereocenters. The van der Waals surface area contributed by atoms with Crippen LogP contribution in [0.1, 0.15) is 0 Å². The van der Waals surface area contributed by atoms with E-state index in [0.29, 0.717) is 0 Å². The van der Waals surface area contributed by atoms with Crippen LogP contribution in [0, 0.1) is 0 Å². The normalized spacial score (nSPS) is 11.6. The van der Waals surface area contributed by atoms with E-state index in [1.54, 1.807) is 0 Å². The van der Waals surface area contributed by atoms with Gasteiger partial charge < -0.3 is 9.13 Å². The summed E-state index contributed by atoms with van der Waals surface area (Å²) in [4.78, 5) is 0. The standard InChI is InChI=1S/C42H28N2/c1-3-15-29(16-4-1)43-39-24-12-9-21-33(39)31-19-7-8-20-32(31)37-28-42-38(27-36(37)34-22-10-13-25-40(34)43)35-23-11-14-26-41(35)44(42)30-17-5-2-6-18-30/h1-28H. The first-order chi connectivity index (χ1) is 21.9. The number of para-hydroxylation sites is 5. The highest BCUT2D eigenvalue weighted by Gasteiger charge is 2.16. The lowest BCUT2D eigenvalue weighted by Crippen LogP contribution is -1.97. The molecule has 9 aromatic rings. The fraction of sp³-hybridized carbons (Fsp3) is 0. The van der Waals surface area contributed by atoms with Gasteiger partial charge in [-0.2, -0.15) is 0 Å². The van der Waals surface area contributed by atoms with Crippen LogP contribution in [0.5, 0.6) is 0 Å². The number of nitrogens with zero attached hydrogens (tertiary/aromatic N) is 2. The highest BCUT2D eigenvalue weighted by Crippen LogP contribution is 2.39. The minimum atomic E-state index is 1.13. The van der Waals surface area contributed by atoms with Gasteiger partial charge in [-0.3, -0.25) is 0 Å². The Bertz CT molecular complexity index is 2590. The molecule has 0 bridgehead atoms. The van der Waals surface area contributed by atoms with Crippen LogP contribution in [0.3, 0.4) is 0 Å². The summed E-state index contributed by atoms with van der Waals surface area (Å²) in [7, 11) is 0. The van der Waals surface area contributed by atoms with Crippen molar-refractivity contribution in [1.82, 2.24) is 9.13 Å². The van der Waals surface area contributed by atoms with Crippen molar-refractivity contribution in [1.29, 1.82) is 0 Å². The third-order valence-corrected chi connectivity index (χ3v) is 8.93. The second-order valence-corrected chi connectivity index (χ2v) is 11.4. The van der Waals surface area contributed by atoms with Crippen molar-refractivity contribution in [2.45, 2.75) is 0 Å². The third-order valence-electron chi connectivity index (χ3n) is 8.93. The Morgan fingerprint density at radius 1 is 0.227 bits per heavy atom. The molecule has 0 aliphatic carbocycles. The molecule has 0 unspecified atom stereocenters. The topological polar surface area (TPSA) is 9.86 Å². The van der Waals surface area contributed by atoms with Crippen molar-refractivity contribution in [2.75, 3.05) is 0 Å². The quantitative estimate of drug-likeness (QED) is 0.199. The predicted octanol–water partition coefficient (Wildman–Crippen LogP) is 11.3. The van der Waals surface area contributed by atoms with Crippen LogP contribution in [-0.2, 0) is 0 Å². The first-order valence-corrected chi connectivity index (χ1v) is 15.1. The second kappa shape index (κ2) is 9.86. The summed E-state index contributed by atoms with van der Waals surface area (Å²) in [6.07, 6.45) is 0. The molecule has 7 aromatic carbocycles. The Balaban J connectivity index is 1.63. The van der Waals surface area contributed by atoms with Crippen molar-refractivity contribution in [2.24, 2.45) is 0 Å². The van der Waals surface area contributed by atoms with Crippen LogP contribution < -0.4 is 0 Å². The Morgan fingerprint density at radius 3 is 1.09 bits per heavy atom. The first-order valence-electron chi connectivity index (χ1n) is 15.1. The van der Waals surface area contributed by atoms with Crippen LogP contribution in [0.15, 0.2) is 170 Å². The lowest BCUT2D eigenvalue weighted by atomic mass is 9.99. The molecular weight excluding hydrogens is 532 g/mol. The third kappa shape index (κ3) is 3.68. The van der Waals surface area contributed by atoms with Gasteiger partial charge in [0.25, 0.3) is 0 Å². The van der Waals surface area contributed by atoms with E-state index in [2.05, 4.69) is 179 Å². The highest BCUT2D eigenvalue weighted by molar-refractivity contribution is 6.24. The van der Waals surface area contributed by atoms with Crippen LogP contribution in [0.25, 0.3) is 76.5 Å². The molecule has 0 N–H and O–H groups in total. The maximum atomic E-state index is 2.43. The van der Waals surface area contributed by atoms with E-state index < -0.39 is 0 Å². The zero-order valence-corrected chi connectivity index (χ0v) is 24.1. The van der Waals surface area contributed by atoms with Gasteiger partial charge in [0.2, 0.25) is 0 Å². The Labute approximate surface area is 255 Å². The lowest BCUT2D eigenvalue weighted by Gasteiger charge is -2.13. The number of benzene rings is 7. The van der Waals surface area contributed by atoms with Gasteiger partial charge in [0, 0.05) is 32.9 Å². The molecule has 2 heterocycles. The minimum absolute atomic E-state index is 1.13. The molecule has 0 amide bonds. The minimum Gasteiger partial charge on any atom is -0.309 e. The molecule has 0 aliphatic heterocycles. The SMILES string of the molecule is c1ccc(-n2c3ccccc3c3ccccc3c3cc4c(cc3c3ccccc32)c2ccccc2n4-c2ccccc2)cc1. The summed E-state index contributed by atoms with van der Waals surface area (Å²) < 4.78 is 4.84. The zero-order valence-electron chi connectivity index (χ0n) is 24.1. The average Bonchev–Trinajstić information content (AvgIpc) is 3.44. The predicted molar refractivity (Wildman–Crippen MR) is 188 cm³/mol.